The molecule has 0 aliphatic carbocycles. The molecule has 1 amide bonds. The van der Waals surface area contributed by atoms with Crippen LogP contribution >= 0.6 is 0 Å². The van der Waals surface area contributed by atoms with Crippen LogP contribution in [0.4, 0.5) is 0 Å². The maximum absolute atomic E-state index is 12.1. The summed E-state index contributed by atoms with van der Waals surface area (Å²) >= 11 is 0. The lowest BCUT2D eigenvalue weighted by Crippen LogP contribution is -2.47. The summed E-state index contributed by atoms with van der Waals surface area (Å²) in [4.78, 5) is 15.4. The number of hydrogen-bond acceptors (Lipinski definition) is 2. The van der Waals surface area contributed by atoms with Gasteiger partial charge in [0.15, 0.2) is 0 Å². The number of benzene rings is 1. The number of hydrogen-bond donors (Lipinski definition) is 3. The second-order valence-electron chi connectivity index (χ2n) is 5.85. The fourth-order valence-electron chi connectivity index (χ4n) is 3.17. The van der Waals surface area contributed by atoms with Crippen molar-refractivity contribution in [3.05, 3.63) is 35.5 Å². The number of aromatic nitrogens is 1. The van der Waals surface area contributed by atoms with Crippen LogP contribution in [-0.2, 0) is 11.2 Å². The van der Waals surface area contributed by atoms with Gasteiger partial charge in [-0.15, -0.1) is 0 Å². The molecule has 1 aliphatic rings. The third kappa shape index (κ3) is 3.10. The van der Waals surface area contributed by atoms with Crippen molar-refractivity contribution < 1.29 is 4.79 Å². The Morgan fingerprint density at radius 2 is 2.29 bits per heavy atom. The average molecular weight is 285 g/mol. The summed E-state index contributed by atoms with van der Waals surface area (Å²) in [6.45, 7) is 3.78. The lowest BCUT2D eigenvalue weighted by Gasteiger charge is -2.22. The molecular formula is C17H23N3O. The molecule has 3 rings (SSSR count). The van der Waals surface area contributed by atoms with E-state index in [0.29, 0.717) is 6.54 Å². The number of amides is 1. The fraction of sp³-hybridized carbons (Fsp3) is 0.471. The van der Waals surface area contributed by atoms with Gasteiger partial charge in [-0.1, -0.05) is 18.6 Å². The van der Waals surface area contributed by atoms with E-state index in [1.807, 2.05) is 0 Å². The lowest BCUT2D eigenvalue weighted by atomic mass is 10.0. The highest BCUT2D eigenvalue weighted by molar-refractivity contribution is 5.86. The van der Waals surface area contributed by atoms with Crippen molar-refractivity contribution in [2.24, 2.45) is 0 Å². The summed E-state index contributed by atoms with van der Waals surface area (Å²) in [5.74, 6) is 0.145. The molecule has 1 saturated heterocycles. The highest BCUT2D eigenvalue weighted by atomic mass is 16.2. The van der Waals surface area contributed by atoms with Crippen molar-refractivity contribution in [2.45, 2.75) is 38.6 Å². The van der Waals surface area contributed by atoms with E-state index in [9.17, 15) is 4.79 Å². The minimum Gasteiger partial charge on any atom is -0.361 e. The molecule has 1 aromatic heterocycles. The Kier molecular flexibility index (Phi) is 4.25. The van der Waals surface area contributed by atoms with Gasteiger partial charge in [0.2, 0.25) is 5.91 Å². The Bertz CT molecular complexity index is 626. The van der Waals surface area contributed by atoms with E-state index in [2.05, 4.69) is 46.9 Å². The molecule has 0 radical (unpaired) electrons. The zero-order valence-electron chi connectivity index (χ0n) is 12.5. The molecule has 0 spiro atoms. The minimum absolute atomic E-state index is 0.00320. The van der Waals surface area contributed by atoms with Crippen molar-refractivity contribution in [1.29, 1.82) is 0 Å². The molecule has 2 aromatic rings. The van der Waals surface area contributed by atoms with Crippen molar-refractivity contribution >= 4 is 16.8 Å². The number of nitrogens with one attached hydrogen (secondary N) is 3. The van der Waals surface area contributed by atoms with Gasteiger partial charge in [0, 0.05) is 23.6 Å². The first-order valence-corrected chi connectivity index (χ1v) is 7.82. The quantitative estimate of drug-likeness (QED) is 0.807. The smallest absolute Gasteiger partial charge is 0.237 e. The number of carbonyl (C=O) groups excluding carboxylic acids is 1. The van der Waals surface area contributed by atoms with Crippen molar-refractivity contribution in [3.8, 4) is 0 Å². The van der Waals surface area contributed by atoms with E-state index in [0.717, 1.165) is 25.8 Å². The van der Waals surface area contributed by atoms with E-state index < -0.39 is 0 Å². The van der Waals surface area contributed by atoms with Gasteiger partial charge in [0.05, 0.1) is 6.04 Å². The highest BCUT2D eigenvalue weighted by Crippen LogP contribution is 2.22. The molecule has 2 heterocycles. The van der Waals surface area contributed by atoms with Crippen LogP contribution in [0.25, 0.3) is 10.9 Å². The van der Waals surface area contributed by atoms with E-state index in [1.165, 1.54) is 28.5 Å². The largest absolute Gasteiger partial charge is 0.361 e. The van der Waals surface area contributed by atoms with E-state index in [-0.39, 0.29) is 11.9 Å². The van der Waals surface area contributed by atoms with E-state index in [4.69, 9.17) is 0 Å². The Labute approximate surface area is 125 Å². The first-order chi connectivity index (χ1) is 10.3. The van der Waals surface area contributed by atoms with Crippen LogP contribution < -0.4 is 10.6 Å². The van der Waals surface area contributed by atoms with Crippen LogP contribution in [0.3, 0.4) is 0 Å². The molecule has 1 unspecified atom stereocenters. The second kappa shape index (κ2) is 6.31. The molecule has 3 N–H and O–H groups in total. The molecular weight excluding hydrogens is 262 g/mol. The van der Waals surface area contributed by atoms with Crippen LogP contribution in [0.2, 0.25) is 0 Å². The number of piperidine rings is 1. The number of aromatic amines is 1. The summed E-state index contributed by atoms with van der Waals surface area (Å²) in [7, 11) is 0. The highest BCUT2D eigenvalue weighted by Gasteiger charge is 2.19. The number of H-pyrrole nitrogens is 1. The molecule has 21 heavy (non-hydrogen) atoms. The number of rotatable bonds is 4. The third-order valence-corrected chi connectivity index (χ3v) is 4.32. The van der Waals surface area contributed by atoms with Crippen LogP contribution in [-0.4, -0.2) is 30.0 Å². The summed E-state index contributed by atoms with van der Waals surface area (Å²) in [5, 5.41) is 7.64. The first-order valence-electron chi connectivity index (χ1n) is 7.82. The lowest BCUT2D eigenvalue weighted by molar-refractivity contribution is -0.123. The summed E-state index contributed by atoms with van der Waals surface area (Å²) in [6, 6.07) is 6.29. The minimum atomic E-state index is 0.00320. The number of fused-ring (bicyclic) bond motifs is 1. The van der Waals surface area contributed by atoms with E-state index in [1.54, 1.807) is 0 Å². The van der Waals surface area contributed by atoms with Gasteiger partial charge in [-0.25, -0.2) is 0 Å². The Hall–Kier alpha value is -1.81. The normalized spacial score (nSPS) is 18.8. The standard InChI is InChI=1S/C17H23N3O/c1-12-5-4-7-14-16(12)13(11-20-14)8-10-19-17(21)15-6-2-3-9-18-15/h4-5,7,11,15,18,20H,2-3,6,8-10H2,1H3,(H,19,21). The monoisotopic (exact) mass is 285 g/mol. The van der Waals surface area contributed by atoms with Gasteiger partial charge in [0.1, 0.15) is 0 Å². The maximum Gasteiger partial charge on any atom is 0.237 e. The second-order valence-corrected chi connectivity index (χ2v) is 5.85. The molecule has 4 nitrogen and oxygen atoms in total. The van der Waals surface area contributed by atoms with Crippen molar-refractivity contribution in [1.82, 2.24) is 15.6 Å². The SMILES string of the molecule is Cc1cccc2[nH]cc(CCNC(=O)C3CCCCN3)c12. The third-order valence-electron chi connectivity index (χ3n) is 4.32. The molecule has 1 aliphatic heterocycles. The zero-order chi connectivity index (χ0) is 14.7. The molecule has 1 atom stereocenters. The predicted octanol–water partition coefficient (Wildman–Crippen LogP) is 2.28. The number of carbonyl (C=O) groups is 1. The van der Waals surface area contributed by atoms with Gasteiger partial charge in [-0.2, -0.15) is 0 Å². The zero-order valence-corrected chi connectivity index (χ0v) is 12.5. The molecule has 0 bridgehead atoms. The average Bonchev–Trinajstić information content (AvgIpc) is 2.93. The first kappa shape index (κ1) is 14.1. The molecule has 1 fully saturated rings. The Balaban J connectivity index is 1.58. The topological polar surface area (TPSA) is 56.9 Å². The van der Waals surface area contributed by atoms with Crippen LogP contribution in [0.1, 0.15) is 30.4 Å². The Morgan fingerprint density at radius 3 is 3.10 bits per heavy atom. The van der Waals surface area contributed by atoms with Gasteiger partial charge in [-0.05, 0) is 49.9 Å². The summed E-state index contributed by atoms with van der Waals surface area (Å²) in [6.07, 6.45) is 6.20. The number of aryl methyl sites for hydroxylation is 1. The molecule has 112 valence electrons. The van der Waals surface area contributed by atoms with E-state index >= 15 is 0 Å². The fourth-order valence-corrected chi connectivity index (χ4v) is 3.17. The molecule has 4 heteroatoms. The van der Waals surface area contributed by atoms with Gasteiger partial charge in [-0.3, -0.25) is 4.79 Å². The summed E-state index contributed by atoms with van der Waals surface area (Å²) in [5.41, 5.74) is 3.73. The summed E-state index contributed by atoms with van der Waals surface area (Å²) < 4.78 is 0. The van der Waals surface area contributed by atoms with Gasteiger partial charge < -0.3 is 15.6 Å². The van der Waals surface area contributed by atoms with Crippen LogP contribution in [0.15, 0.2) is 24.4 Å². The Morgan fingerprint density at radius 1 is 1.38 bits per heavy atom. The van der Waals surface area contributed by atoms with Crippen molar-refractivity contribution in [3.63, 3.8) is 0 Å². The molecule has 1 aromatic carbocycles. The van der Waals surface area contributed by atoms with Crippen LogP contribution in [0, 0.1) is 6.92 Å². The van der Waals surface area contributed by atoms with Gasteiger partial charge in [0.25, 0.3) is 0 Å². The maximum atomic E-state index is 12.1. The van der Waals surface area contributed by atoms with Crippen molar-refractivity contribution in [2.75, 3.05) is 13.1 Å². The van der Waals surface area contributed by atoms with Gasteiger partial charge >= 0.3 is 0 Å². The van der Waals surface area contributed by atoms with Crippen LogP contribution in [0.5, 0.6) is 0 Å². The predicted molar refractivity (Wildman–Crippen MR) is 85.4 cm³/mol. The molecule has 0 saturated carbocycles.